The number of thioether (sulfide) groups is 1. The average molecular weight is 309 g/mol. The van der Waals surface area contributed by atoms with Gasteiger partial charge in [0.2, 0.25) is 5.91 Å². The molecule has 5 nitrogen and oxygen atoms in total. The standard InChI is InChI=1S/C15H19NO4S/c1-11(21-9-12-5-3-2-4-6-12)13(17)16-15(14(18)19)7-8-20-10-15/h2-6,11H,7-10H2,1H3,(H,16,17)(H,18,19). The van der Waals surface area contributed by atoms with Crippen molar-refractivity contribution >= 4 is 23.6 Å². The van der Waals surface area contributed by atoms with Crippen molar-refractivity contribution in [1.82, 2.24) is 5.32 Å². The summed E-state index contributed by atoms with van der Waals surface area (Å²) >= 11 is 1.49. The van der Waals surface area contributed by atoms with Gasteiger partial charge in [0.25, 0.3) is 0 Å². The Balaban J connectivity index is 1.89. The Morgan fingerprint density at radius 1 is 1.43 bits per heavy atom. The molecule has 1 aromatic carbocycles. The fourth-order valence-corrected chi connectivity index (χ4v) is 2.94. The number of hydrogen-bond acceptors (Lipinski definition) is 4. The second kappa shape index (κ2) is 6.95. The highest BCUT2D eigenvalue weighted by Gasteiger charge is 2.44. The van der Waals surface area contributed by atoms with E-state index in [9.17, 15) is 14.7 Å². The van der Waals surface area contributed by atoms with E-state index >= 15 is 0 Å². The van der Waals surface area contributed by atoms with Crippen LogP contribution in [0.1, 0.15) is 18.9 Å². The molecule has 1 saturated heterocycles. The first-order valence-electron chi connectivity index (χ1n) is 6.82. The summed E-state index contributed by atoms with van der Waals surface area (Å²) in [6.07, 6.45) is 0.310. The van der Waals surface area contributed by atoms with Crippen LogP contribution in [-0.4, -0.2) is 41.0 Å². The van der Waals surface area contributed by atoms with Gasteiger partial charge in [0.15, 0.2) is 5.54 Å². The van der Waals surface area contributed by atoms with Gasteiger partial charge in [-0.3, -0.25) is 4.79 Å². The SMILES string of the molecule is CC(SCc1ccccc1)C(=O)NC1(C(=O)O)CCOC1. The number of benzene rings is 1. The Kier molecular flexibility index (Phi) is 5.25. The molecule has 0 radical (unpaired) electrons. The first-order valence-corrected chi connectivity index (χ1v) is 7.87. The lowest BCUT2D eigenvalue weighted by Gasteiger charge is -2.25. The summed E-state index contributed by atoms with van der Waals surface area (Å²) in [6.45, 7) is 2.18. The molecule has 2 unspecified atom stereocenters. The fourth-order valence-electron chi connectivity index (χ4n) is 2.09. The Bertz CT molecular complexity index is 500. The van der Waals surface area contributed by atoms with Crippen LogP contribution in [0.25, 0.3) is 0 Å². The van der Waals surface area contributed by atoms with E-state index in [4.69, 9.17) is 4.74 Å². The minimum absolute atomic E-state index is 0.0319. The van der Waals surface area contributed by atoms with Crippen molar-refractivity contribution < 1.29 is 19.4 Å². The van der Waals surface area contributed by atoms with Crippen LogP contribution in [0.2, 0.25) is 0 Å². The largest absolute Gasteiger partial charge is 0.479 e. The summed E-state index contributed by atoms with van der Waals surface area (Å²) in [5.41, 5.74) is -0.127. The van der Waals surface area contributed by atoms with Gasteiger partial charge in [0.1, 0.15) is 0 Å². The van der Waals surface area contributed by atoms with E-state index in [1.54, 1.807) is 6.92 Å². The number of amides is 1. The molecule has 6 heteroatoms. The maximum Gasteiger partial charge on any atom is 0.331 e. The summed E-state index contributed by atoms with van der Waals surface area (Å²) in [7, 11) is 0. The second-order valence-electron chi connectivity index (χ2n) is 5.12. The Morgan fingerprint density at radius 3 is 2.71 bits per heavy atom. The van der Waals surface area contributed by atoms with Crippen molar-refractivity contribution in [2.75, 3.05) is 13.2 Å². The number of carbonyl (C=O) groups is 2. The quantitative estimate of drug-likeness (QED) is 0.836. The van der Waals surface area contributed by atoms with Crippen LogP contribution in [0, 0.1) is 0 Å². The molecule has 1 amide bonds. The van der Waals surface area contributed by atoms with E-state index in [0.29, 0.717) is 18.8 Å². The molecule has 1 fully saturated rings. The zero-order valence-corrected chi connectivity index (χ0v) is 12.7. The number of aliphatic carboxylic acids is 1. The highest BCUT2D eigenvalue weighted by molar-refractivity contribution is 7.99. The van der Waals surface area contributed by atoms with Crippen molar-refractivity contribution in [3.63, 3.8) is 0 Å². The zero-order valence-electron chi connectivity index (χ0n) is 11.9. The maximum absolute atomic E-state index is 12.2. The van der Waals surface area contributed by atoms with Gasteiger partial charge < -0.3 is 15.2 Å². The van der Waals surface area contributed by atoms with Crippen LogP contribution >= 0.6 is 11.8 Å². The molecule has 2 atom stereocenters. The Hall–Kier alpha value is -1.53. The zero-order chi connectivity index (χ0) is 15.3. The van der Waals surface area contributed by atoms with Gasteiger partial charge in [-0.2, -0.15) is 0 Å². The number of hydrogen-bond donors (Lipinski definition) is 2. The van der Waals surface area contributed by atoms with Crippen LogP contribution in [-0.2, 0) is 20.1 Å². The van der Waals surface area contributed by atoms with Crippen molar-refractivity contribution in [2.24, 2.45) is 0 Å². The number of ether oxygens (including phenoxy) is 1. The number of nitrogens with one attached hydrogen (secondary N) is 1. The van der Waals surface area contributed by atoms with Gasteiger partial charge >= 0.3 is 5.97 Å². The predicted octanol–water partition coefficient (Wildman–Crippen LogP) is 1.67. The molecule has 0 saturated carbocycles. The minimum Gasteiger partial charge on any atom is -0.479 e. The van der Waals surface area contributed by atoms with E-state index in [0.717, 1.165) is 5.56 Å². The van der Waals surface area contributed by atoms with Crippen LogP contribution in [0.15, 0.2) is 30.3 Å². The number of rotatable bonds is 6. The van der Waals surface area contributed by atoms with E-state index in [2.05, 4.69) is 5.32 Å². The summed E-state index contributed by atoms with van der Waals surface area (Å²) in [4.78, 5) is 23.5. The lowest BCUT2D eigenvalue weighted by Crippen LogP contribution is -2.56. The molecule has 0 aliphatic carbocycles. The molecule has 21 heavy (non-hydrogen) atoms. The van der Waals surface area contributed by atoms with Gasteiger partial charge in [-0.1, -0.05) is 30.3 Å². The van der Waals surface area contributed by atoms with E-state index < -0.39 is 11.5 Å². The topological polar surface area (TPSA) is 75.6 Å². The predicted molar refractivity (Wildman–Crippen MR) is 81.1 cm³/mol. The monoisotopic (exact) mass is 309 g/mol. The molecule has 2 N–H and O–H groups in total. The van der Waals surface area contributed by atoms with Crippen molar-refractivity contribution in [3.05, 3.63) is 35.9 Å². The van der Waals surface area contributed by atoms with Crippen molar-refractivity contribution in [3.8, 4) is 0 Å². The summed E-state index contributed by atoms with van der Waals surface area (Å²) < 4.78 is 5.13. The van der Waals surface area contributed by atoms with Crippen LogP contribution in [0.5, 0.6) is 0 Å². The first kappa shape index (κ1) is 15.9. The maximum atomic E-state index is 12.2. The molecule has 1 aliphatic heterocycles. The molecule has 2 rings (SSSR count). The van der Waals surface area contributed by atoms with Gasteiger partial charge in [-0.25, -0.2) is 4.79 Å². The molecule has 0 bridgehead atoms. The molecular formula is C15H19NO4S. The van der Waals surface area contributed by atoms with Crippen molar-refractivity contribution in [2.45, 2.75) is 29.9 Å². The van der Waals surface area contributed by atoms with Crippen molar-refractivity contribution in [1.29, 1.82) is 0 Å². The Morgan fingerprint density at radius 2 is 2.14 bits per heavy atom. The third-order valence-electron chi connectivity index (χ3n) is 3.51. The molecule has 0 aromatic heterocycles. The van der Waals surface area contributed by atoms with Crippen LogP contribution in [0.4, 0.5) is 0 Å². The van der Waals surface area contributed by atoms with Crippen LogP contribution in [0.3, 0.4) is 0 Å². The number of carbonyl (C=O) groups excluding carboxylic acids is 1. The smallest absolute Gasteiger partial charge is 0.331 e. The normalized spacial score (nSPS) is 22.7. The molecule has 1 aromatic rings. The summed E-state index contributed by atoms with van der Waals surface area (Å²) in [6, 6.07) is 9.86. The number of carboxylic acids is 1. The molecule has 114 valence electrons. The first-order chi connectivity index (χ1) is 10.0. The second-order valence-corrected chi connectivity index (χ2v) is 6.45. The highest BCUT2D eigenvalue weighted by atomic mass is 32.2. The minimum atomic E-state index is -1.27. The lowest BCUT2D eigenvalue weighted by molar-refractivity contribution is -0.147. The summed E-state index contributed by atoms with van der Waals surface area (Å²) in [5.74, 6) is -0.580. The molecule has 1 aliphatic rings. The molecule has 0 spiro atoms. The number of carboxylic acid groups (broad SMARTS) is 1. The lowest BCUT2D eigenvalue weighted by atomic mass is 9.99. The van der Waals surface area contributed by atoms with Gasteiger partial charge in [-0.05, 0) is 12.5 Å². The van der Waals surface area contributed by atoms with Gasteiger partial charge in [0.05, 0.1) is 11.9 Å². The van der Waals surface area contributed by atoms with E-state index in [1.807, 2.05) is 30.3 Å². The van der Waals surface area contributed by atoms with Gasteiger partial charge in [-0.15, -0.1) is 11.8 Å². The van der Waals surface area contributed by atoms with E-state index in [-0.39, 0.29) is 17.8 Å². The third kappa shape index (κ3) is 3.98. The summed E-state index contributed by atoms with van der Waals surface area (Å²) in [5, 5.41) is 11.6. The third-order valence-corrected chi connectivity index (χ3v) is 4.72. The van der Waals surface area contributed by atoms with Crippen LogP contribution < -0.4 is 5.32 Å². The highest BCUT2D eigenvalue weighted by Crippen LogP contribution is 2.22. The molecule has 1 heterocycles. The Labute approximate surface area is 128 Å². The van der Waals surface area contributed by atoms with E-state index in [1.165, 1.54) is 11.8 Å². The van der Waals surface area contributed by atoms with Gasteiger partial charge in [0, 0.05) is 18.8 Å². The fraction of sp³-hybridized carbons (Fsp3) is 0.467. The average Bonchev–Trinajstić information content (AvgIpc) is 2.95. The molecular weight excluding hydrogens is 290 g/mol.